The number of nitrogens with one attached hydrogen (secondary N) is 2. The molecule has 64 heavy (non-hydrogen) atoms. The van der Waals surface area contributed by atoms with Crippen LogP contribution in [0.1, 0.15) is 99.0 Å². The molecular weight excluding hydrogens is 813 g/mol. The molecule has 0 saturated heterocycles. The Hall–Kier alpha value is -7.60. The molecule has 0 bridgehead atoms. The van der Waals surface area contributed by atoms with Gasteiger partial charge in [0.05, 0.1) is 46.8 Å². The molecule has 6 aromatic carbocycles. The molecule has 0 unspecified atom stereocenters. The van der Waals surface area contributed by atoms with Crippen LogP contribution in [0.3, 0.4) is 0 Å². The molecule has 4 N–H and O–H groups in total. The third-order valence-electron chi connectivity index (χ3n) is 10.2. The van der Waals surface area contributed by atoms with Crippen molar-refractivity contribution in [2.45, 2.75) is 59.7 Å². The van der Waals surface area contributed by atoms with E-state index in [-0.39, 0.29) is 58.3 Å². The quantitative estimate of drug-likeness (QED) is 0.0482. The summed E-state index contributed by atoms with van der Waals surface area (Å²) >= 11 is 0. The van der Waals surface area contributed by atoms with Crippen LogP contribution in [-0.4, -0.2) is 47.2 Å². The molecular formula is C52H52N2O10. The molecule has 12 heteroatoms. The van der Waals surface area contributed by atoms with E-state index in [2.05, 4.69) is 31.4 Å². The molecule has 0 fully saturated rings. The van der Waals surface area contributed by atoms with Crippen LogP contribution in [0.25, 0.3) is 11.1 Å². The van der Waals surface area contributed by atoms with Gasteiger partial charge in [0.2, 0.25) is 0 Å². The smallest absolute Gasteiger partial charge is 0.335 e. The van der Waals surface area contributed by atoms with Gasteiger partial charge >= 0.3 is 11.9 Å². The van der Waals surface area contributed by atoms with Gasteiger partial charge in [-0.3, -0.25) is 9.59 Å². The standard InChI is InChI=1S/C52H52N2O10/c1-4-5-12-26-61-45-28-37(17-21-41(45)49(55)53-43-23-19-39(51(57)58)30-47(43)63-32-35-13-8-6-9-14-35)38-18-22-42(46(29-38)62-27-25-34(2)3)50(56)54-44-24-20-40(52(59)60)31-48(44)64-33-36-15-10-7-11-16-36/h6-11,13-24,28-31,34H,4-5,12,25-27,32-33H2,1-3H3,(H,53,55)(H,54,56)(H,57,58)(H,59,60). The maximum Gasteiger partial charge on any atom is 0.335 e. The van der Waals surface area contributed by atoms with Crippen LogP contribution < -0.4 is 29.6 Å². The van der Waals surface area contributed by atoms with Crippen LogP contribution >= 0.6 is 0 Å². The lowest BCUT2D eigenvalue weighted by atomic mass is 10.00. The number of carboxylic acid groups (broad SMARTS) is 2. The molecule has 12 nitrogen and oxygen atoms in total. The molecule has 0 radical (unpaired) electrons. The summed E-state index contributed by atoms with van der Waals surface area (Å²) < 4.78 is 24.6. The van der Waals surface area contributed by atoms with Gasteiger partial charge in [-0.1, -0.05) is 106 Å². The maximum absolute atomic E-state index is 14.0. The molecule has 2 amide bonds. The van der Waals surface area contributed by atoms with Gasteiger partial charge < -0.3 is 39.8 Å². The van der Waals surface area contributed by atoms with E-state index in [1.807, 2.05) is 60.7 Å². The SMILES string of the molecule is CCCCCOc1cc(-c2ccc(C(=O)Nc3ccc(C(=O)O)cc3OCc3ccccc3)c(OCCC(C)C)c2)ccc1C(=O)Nc1ccc(C(=O)O)cc1OCc1ccccc1. The van der Waals surface area contributed by atoms with Crippen LogP contribution in [0, 0.1) is 5.92 Å². The summed E-state index contributed by atoms with van der Waals surface area (Å²) in [5, 5.41) is 25.2. The molecule has 0 heterocycles. The lowest BCUT2D eigenvalue weighted by Crippen LogP contribution is -2.16. The van der Waals surface area contributed by atoms with E-state index in [1.165, 1.54) is 36.4 Å². The highest BCUT2D eigenvalue weighted by Crippen LogP contribution is 2.35. The fourth-order valence-electron chi connectivity index (χ4n) is 6.56. The Bertz CT molecular complexity index is 2560. The topological polar surface area (TPSA) is 170 Å². The number of anilines is 2. The van der Waals surface area contributed by atoms with Crippen molar-refractivity contribution in [3.05, 3.63) is 167 Å². The minimum absolute atomic E-state index is 0.00679. The van der Waals surface area contributed by atoms with E-state index in [9.17, 15) is 29.4 Å². The van der Waals surface area contributed by atoms with Gasteiger partial charge in [-0.2, -0.15) is 0 Å². The van der Waals surface area contributed by atoms with Crippen molar-refractivity contribution in [1.82, 2.24) is 0 Å². The van der Waals surface area contributed by atoms with Gasteiger partial charge in [0.15, 0.2) is 0 Å². The first-order chi connectivity index (χ1) is 31.0. The van der Waals surface area contributed by atoms with Crippen molar-refractivity contribution < 1.29 is 48.3 Å². The predicted molar refractivity (Wildman–Crippen MR) is 246 cm³/mol. The van der Waals surface area contributed by atoms with Crippen molar-refractivity contribution in [3.63, 3.8) is 0 Å². The van der Waals surface area contributed by atoms with E-state index in [1.54, 1.807) is 36.4 Å². The first-order valence-electron chi connectivity index (χ1n) is 21.2. The number of amides is 2. The molecule has 0 aliphatic rings. The molecule has 330 valence electrons. The van der Waals surface area contributed by atoms with Gasteiger partial charge in [0.1, 0.15) is 36.2 Å². The summed E-state index contributed by atoms with van der Waals surface area (Å²) in [6.45, 7) is 7.26. The normalized spacial score (nSPS) is 10.8. The van der Waals surface area contributed by atoms with Gasteiger partial charge in [-0.15, -0.1) is 0 Å². The molecule has 0 atom stereocenters. The van der Waals surface area contributed by atoms with E-state index in [4.69, 9.17) is 18.9 Å². The highest BCUT2D eigenvalue weighted by molar-refractivity contribution is 6.09. The summed E-state index contributed by atoms with van der Waals surface area (Å²) in [6, 6.07) is 37.8. The number of ether oxygens (including phenoxy) is 4. The molecule has 0 aliphatic carbocycles. The lowest BCUT2D eigenvalue weighted by molar-refractivity contribution is 0.0685. The van der Waals surface area contributed by atoms with Crippen molar-refractivity contribution in [1.29, 1.82) is 0 Å². The fraction of sp³-hybridized carbons (Fsp3) is 0.231. The van der Waals surface area contributed by atoms with E-state index in [0.717, 1.165) is 36.8 Å². The third-order valence-corrected chi connectivity index (χ3v) is 10.2. The van der Waals surface area contributed by atoms with Crippen molar-refractivity contribution in [3.8, 4) is 34.1 Å². The zero-order valence-electron chi connectivity index (χ0n) is 36.1. The number of rotatable bonds is 22. The van der Waals surface area contributed by atoms with Crippen molar-refractivity contribution in [2.24, 2.45) is 5.92 Å². The number of carbonyl (C=O) groups is 4. The van der Waals surface area contributed by atoms with Gasteiger partial charge in [-0.05, 0) is 102 Å². The molecule has 0 aliphatic heterocycles. The number of carboxylic acids is 2. The molecule has 6 rings (SSSR count). The van der Waals surface area contributed by atoms with Crippen LogP contribution in [0.5, 0.6) is 23.0 Å². The van der Waals surface area contributed by atoms with Gasteiger partial charge in [0.25, 0.3) is 11.8 Å². The average molecular weight is 865 g/mol. The monoisotopic (exact) mass is 864 g/mol. The summed E-state index contributed by atoms with van der Waals surface area (Å²) in [4.78, 5) is 51.8. The number of aromatic carboxylic acids is 2. The number of hydrogen-bond donors (Lipinski definition) is 4. The second-order valence-corrected chi connectivity index (χ2v) is 15.5. The second kappa shape index (κ2) is 22.5. The highest BCUT2D eigenvalue weighted by atomic mass is 16.5. The predicted octanol–water partition coefficient (Wildman–Crippen LogP) is 11.4. The van der Waals surface area contributed by atoms with Crippen LogP contribution in [-0.2, 0) is 13.2 Å². The summed E-state index contributed by atoms with van der Waals surface area (Å²) in [6.07, 6.45) is 3.41. The minimum Gasteiger partial charge on any atom is -0.493 e. The zero-order valence-corrected chi connectivity index (χ0v) is 36.1. The summed E-state index contributed by atoms with van der Waals surface area (Å²) in [7, 11) is 0. The Labute approximate surface area is 372 Å². The van der Waals surface area contributed by atoms with Crippen molar-refractivity contribution in [2.75, 3.05) is 23.8 Å². The van der Waals surface area contributed by atoms with Gasteiger partial charge in [0, 0.05) is 0 Å². The lowest BCUT2D eigenvalue weighted by Gasteiger charge is -2.18. The maximum atomic E-state index is 14.0. The highest BCUT2D eigenvalue weighted by Gasteiger charge is 2.21. The summed E-state index contributed by atoms with van der Waals surface area (Å²) in [5.74, 6) is -1.86. The number of unbranched alkanes of at least 4 members (excludes halogenated alkanes) is 2. The Morgan fingerprint density at radius 1 is 0.516 bits per heavy atom. The summed E-state index contributed by atoms with van der Waals surface area (Å²) in [5.41, 5.74) is 4.21. The van der Waals surface area contributed by atoms with Crippen LogP contribution in [0.15, 0.2) is 133 Å². The fourth-order valence-corrected chi connectivity index (χ4v) is 6.56. The molecule has 0 saturated carbocycles. The Morgan fingerprint density at radius 3 is 1.39 bits per heavy atom. The first-order valence-corrected chi connectivity index (χ1v) is 21.2. The number of hydrogen-bond acceptors (Lipinski definition) is 8. The average Bonchev–Trinajstić information content (AvgIpc) is 3.30. The van der Waals surface area contributed by atoms with Gasteiger partial charge in [-0.25, -0.2) is 9.59 Å². The first kappa shape index (κ1) is 45.9. The Kier molecular flexibility index (Phi) is 16.1. The van der Waals surface area contributed by atoms with Crippen LogP contribution in [0.2, 0.25) is 0 Å². The Balaban J connectivity index is 1.29. The number of benzene rings is 6. The van der Waals surface area contributed by atoms with E-state index >= 15 is 0 Å². The molecule has 0 spiro atoms. The van der Waals surface area contributed by atoms with Crippen molar-refractivity contribution >= 4 is 35.1 Å². The molecule has 6 aromatic rings. The minimum atomic E-state index is -1.13. The van der Waals surface area contributed by atoms with E-state index in [0.29, 0.717) is 41.8 Å². The van der Waals surface area contributed by atoms with Crippen LogP contribution in [0.4, 0.5) is 11.4 Å². The number of carbonyl (C=O) groups excluding carboxylic acids is 2. The zero-order chi connectivity index (χ0) is 45.4. The Morgan fingerprint density at radius 2 is 0.969 bits per heavy atom. The third kappa shape index (κ3) is 12.7. The largest absolute Gasteiger partial charge is 0.493 e. The second-order valence-electron chi connectivity index (χ2n) is 15.5. The van der Waals surface area contributed by atoms with E-state index < -0.39 is 23.8 Å². The molecule has 0 aromatic heterocycles.